The zero-order valence-corrected chi connectivity index (χ0v) is 17.0. The van der Waals surface area contributed by atoms with Crippen molar-refractivity contribution in [1.29, 1.82) is 0 Å². The lowest BCUT2D eigenvalue weighted by molar-refractivity contribution is -0.131. The molecule has 27 heavy (non-hydrogen) atoms. The molecule has 0 aromatic carbocycles. The van der Waals surface area contributed by atoms with Crippen LogP contribution in [0.3, 0.4) is 0 Å². The zero-order valence-electron chi connectivity index (χ0n) is 17.0. The van der Waals surface area contributed by atoms with Gasteiger partial charge in [0.2, 0.25) is 0 Å². The number of carbonyl (C=O) groups is 2. The van der Waals surface area contributed by atoms with Crippen LogP contribution in [0.5, 0.6) is 0 Å². The van der Waals surface area contributed by atoms with E-state index in [4.69, 9.17) is 5.11 Å². The van der Waals surface area contributed by atoms with Crippen LogP contribution >= 0.6 is 0 Å². The minimum Gasteiger partial charge on any atom is -0.478 e. The van der Waals surface area contributed by atoms with Crippen LogP contribution in [-0.2, 0) is 9.59 Å². The maximum Gasteiger partial charge on any atom is 0.327 e. The van der Waals surface area contributed by atoms with Gasteiger partial charge in [0, 0.05) is 12.5 Å². The second kappa shape index (κ2) is 6.60. The molecule has 0 aliphatic heterocycles. The lowest BCUT2D eigenvalue weighted by atomic mass is 9.46. The molecule has 0 saturated heterocycles. The van der Waals surface area contributed by atoms with Gasteiger partial charge in [-0.15, -0.1) is 0 Å². The fourth-order valence-corrected chi connectivity index (χ4v) is 7.83. The zero-order chi connectivity index (χ0) is 19.4. The SMILES string of the molecule is CC(C=CC(=O)O)[C@H]1CC[C@H]2[C@@H]3CCC4=CC(=O)CC[C@]4(C)[C@H]3CC[C@]12C. The Labute approximate surface area is 163 Å². The molecule has 4 aliphatic rings. The minimum absolute atomic E-state index is 0.241. The standard InChI is InChI=1S/C24H34O3/c1-15(4-9-22(26)27)19-7-8-20-18-6-5-16-14-17(25)10-12-23(16,2)21(18)11-13-24(19,20)3/h4,9,14-15,18-21H,5-8,10-13H2,1-3H3,(H,26,27)/t15?,18-,19+,20-,21-,23-,24+/m0/s1. The number of carbonyl (C=O) groups excluding carboxylic acids is 1. The maximum absolute atomic E-state index is 12.0. The van der Waals surface area contributed by atoms with Crippen LogP contribution in [-0.4, -0.2) is 16.9 Å². The van der Waals surface area contributed by atoms with Crippen molar-refractivity contribution in [2.45, 2.75) is 72.1 Å². The number of fused-ring (bicyclic) bond motifs is 5. The van der Waals surface area contributed by atoms with Gasteiger partial charge in [-0.2, -0.15) is 0 Å². The molecule has 0 heterocycles. The first-order chi connectivity index (χ1) is 12.8. The summed E-state index contributed by atoms with van der Waals surface area (Å²) in [4.78, 5) is 22.9. The van der Waals surface area contributed by atoms with Crippen LogP contribution in [0.2, 0.25) is 0 Å². The Morgan fingerprint density at radius 1 is 1.15 bits per heavy atom. The number of aliphatic carboxylic acids is 1. The van der Waals surface area contributed by atoms with Crippen LogP contribution in [0, 0.1) is 40.4 Å². The number of hydrogen-bond acceptors (Lipinski definition) is 2. The molecule has 7 atom stereocenters. The second-order valence-electron chi connectivity index (χ2n) is 10.3. The quantitative estimate of drug-likeness (QED) is 0.676. The van der Waals surface area contributed by atoms with Crippen molar-refractivity contribution in [3.63, 3.8) is 0 Å². The highest BCUT2D eigenvalue weighted by molar-refractivity contribution is 5.91. The van der Waals surface area contributed by atoms with E-state index < -0.39 is 5.97 Å². The highest BCUT2D eigenvalue weighted by Gasteiger charge is 2.59. The third-order valence-electron chi connectivity index (χ3n) is 9.21. The normalized spacial score (nSPS) is 45.0. The largest absolute Gasteiger partial charge is 0.478 e. The van der Waals surface area contributed by atoms with Crippen LogP contribution in [0.15, 0.2) is 23.8 Å². The van der Waals surface area contributed by atoms with E-state index in [1.807, 2.05) is 12.2 Å². The summed E-state index contributed by atoms with van der Waals surface area (Å²) in [5, 5.41) is 9.00. The van der Waals surface area contributed by atoms with Gasteiger partial charge < -0.3 is 5.11 Å². The first-order valence-corrected chi connectivity index (χ1v) is 10.9. The third-order valence-corrected chi connectivity index (χ3v) is 9.21. The molecule has 0 amide bonds. The molecular formula is C24H34O3. The summed E-state index contributed by atoms with van der Waals surface area (Å²) in [6, 6.07) is 0. The Morgan fingerprint density at radius 3 is 2.67 bits per heavy atom. The Bertz CT molecular complexity index is 704. The summed E-state index contributed by atoms with van der Waals surface area (Å²) in [6.07, 6.45) is 14.4. The van der Waals surface area contributed by atoms with Crippen LogP contribution in [0.25, 0.3) is 0 Å². The van der Waals surface area contributed by atoms with Gasteiger partial charge >= 0.3 is 5.97 Å². The van der Waals surface area contributed by atoms with Gasteiger partial charge in [0.15, 0.2) is 5.78 Å². The van der Waals surface area contributed by atoms with Crippen molar-refractivity contribution in [3.05, 3.63) is 23.8 Å². The Balaban J connectivity index is 1.58. The van der Waals surface area contributed by atoms with Crippen molar-refractivity contribution >= 4 is 11.8 Å². The number of carboxylic acids is 1. The second-order valence-corrected chi connectivity index (χ2v) is 10.3. The van der Waals surface area contributed by atoms with E-state index in [0.717, 1.165) is 37.0 Å². The van der Waals surface area contributed by atoms with Gasteiger partial charge in [-0.3, -0.25) is 4.79 Å². The number of rotatable bonds is 3. The van der Waals surface area contributed by atoms with E-state index in [1.54, 1.807) is 0 Å². The van der Waals surface area contributed by atoms with Gasteiger partial charge in [0.1, 0.15) is 0 Å². The molecule has 148 valence electrons. The number of carboxylic acid groups (broad SMARTS) is 1. The Morgan fingerprint density at radius 2 is 1.93 bits per heavy atom. The average molecular weight is 371 g/mol. The fraction of sp³-hybridized carbons (Fsp3) is 0.750. The molecule has 0 bridgehead atoms. The van der Waals surface area contributed by atoms with E-state index >= 15 is 0 Å². The Kier molecular flexibility index (Phi) is 4.63. The fourth-order valence-electron chi connectivity index (χ4n) is 7.83. The van der Waals surface area contributed by atoms with Gasteiger partial charge in [-0.05, 0) is 91.4 Å². The monoisotopic (exact) mass is 370 g/mol. The van der Waals surface area contributed by atoms with Crippen molar-refractivity contribution in [1.82, 2.24) is 0 Å². The van der Waals surface area contributed by atoms with Crippen molar-refractivity contribution in [2.24, 2.45) is 40.4 Å². The predicted octanol–water partition coefficient (Wildman–Crippen LogP) is 5.41. The molecule has 4 aliphatic carbocycles. The highest BCUT2D eigenvalue weighted by Crippen LogP contribution is 2.67. The van der Waals surface area contributed by atoms with E-state index in [9.17, 15) is 9.59 Å². The van der Waals surface area contributed by atoms with Gasteiger partial charge in [0.25, 0.3) is 0 Å². The summed E-state index contributed by atoms with van der Waals surface area (Å²) < 4.78 is 0. The summed E-state index contributed by atoms with van der Waals surface area (Å²) in [6.45, 7) is 7.14. The van der Waals surface area contributed by atoms with Gasteiger partial charge in [-0.25, -0.2) is 4.79 Å². The molecule has 3 heteroatoms. The van der Waals surface area contributed by atoms with E-state index in [0.29, 0.717) is 23.0 Å². The molecule has 3 nitrogen and oxygen atoms in total. The van der Waals surface area contributed by atoms with Gasteiger partial charge in [-0.1, -0.05) is 32.4 Å². The molecular weight excluding hydrogens is 336 g/mol. The number of allylic oxidation sites excluding steroid dienone is 2. The lowest BCUT2D eigenvalue weighted by Crippen LogP contribution is -2.50. The third kappa shape index (κ3) is 2.93. The maximum atomic E-state index is 12.0. The van der Waals surface area contributed by atoms with Gasteiger partial charge in [0.05, 0.1) is 0 Å². The predicted molar refractivity (Wildman–Crippen MR) is 106 cm³/mol. The number of hydrogen-bond donors (Lipinski definition) is 1. The van der Waals surface area contributed by atoms with Crippen LogP contribution < -0.4 is 0 Å². The summed E-state index contributed by atoms with van der Waals surface area (Å²) in [7, 11) is 0. The number of ketones is 1. The van der Waals surface area contributed by atoms with Crippen molar-refractivity contribution in [2.75, 3.05) is 0 Å². The first kappa shape index (κ1) is 19.0. The van der Waals surface area contributed by atoms with E-state index in [-0.39, 0.29) is 5.41 Å². The molecule has 3 saturated carbocycles. The van der Waals surface area contributed by atoms with Crippen molar-refractivity contribution < 1.29 is 14.7 Å². The molecule has 0 radical (unpaired) electrons. The smallest absolute Gasteiger partial charge is 0.327 e. The molecule has 0 spiro atoms. The molecule has 1 N–H and O–H groups in total. The average Bonchev–Trinajstić information content (AvgIpc) is 2.97. The first-order valence-electron chi connectivity index (χ1n) is 10.9. The molecule has 0 aromatic rings. The summed E-state index contributed by atoms with van der Waals surface area (Å²) in [5.41, 5.74) is 2.02. The summed E-state index contributed by atoms with van der Waals surface area (Å²) in [5.74, 6) is 2.69. The van der Waals surface area contributed by atoms with E-state index in [2.05, 4.69) is 20.8 Å². The molecule has 0 aromatic heterocycles. The summed E-state index contributed by atoms with van der Waals surface area (Å²) >= 11 is 0. The lowest BCUT2D eigenvalue weighted by Gasteiger charge is -2.58. The molecule has 3 fully saturated rings. The minimum atomic E-state index is -0.836. The van der Waals surface area contributed by atoms with Crippen LogP contribution in [0.1, 0.15) is 72.1 Å². The van der Waals surface area contributed by atoms with Crippen molar-refractivity contribution in [3.8, 4) is 0 Å². The topological polar surface area (TPSA) is 54.4 Å². The van der Waals surface area contributed by atoms with Crippen LogP contribution in [0.4, 0.5) is 0 Å². The molecule has 1 unspecified atom stereocenters. The Hall–Kier alpha value is -1.38. The highest BCUT2D eigenvalue weighted by atomic mass is 16.4. The molecule has 4 rings (SSSR count). The van der Waals surface area contributed by atoms with E-state index in [1.165, 1.54) is 43.8 Å².